The van der Waals surface area contributed by atoms with Crippen molar-refractivity contribution in [1.29, 1.82) is 0 Å². The molecular weight excluding hydrogens is 499 g/mol. The third-order valence-corrected chi connectivity index (χ3v) is 6.90. The molecule has 0 amide bonds. The monoisotopic (exact) mass is 530 g/mol. The summed E-state index contributed by atoms with van der Waals surface area (Å²) in [5.74, 6) is 1.18. The van der Waals surface area contributed by atoms with Crippen molar-refractivity contribution >= 4 is 22.9 Å². The molecule has 13 nitrogen and oxygen atoms in total. The van der Waals surface area contributed by atoms with Crippen molar-refractivity contribution in [2.75, 3.05) is 24.3 Å². The minimum atomic E-state index is -1.32. The van der Waals surface area contributed by atoms with E-state index in [1.807, 2.05) is 10.6 Å². The average molecular weight is 531 g/mol. The smallest absolute Gasteiger partial charge is 0.330 e. The Morgan fingerprint density at radius 2 is 1.97 bits per heavy atom. The van der Waals surface area contributed by atoms with E-state index in [9.17, 15) is 19.1 Å². The zero-order valence-electron chi connectivity index (χ0n) is 20.8. The summed E-state index contributed by atoms with van der Waals surface area (Å²) in [7, 11) is 0. The molecule has 6 N–H and O–H groups in total. The molecule has 38 heavy (non-hydrogen) atoms. The van der Waals surface area contributed by atoms with Gasteiger partial charge in [0.1, 0.15) is 18.5 Å². The highest BCUT2D eigenvalue weighted by atomic mass is 19.1. The van der Waals surface area contributed by atoms with E-state index >= 15 is 0 Å². The molecule has 14 heteroatoms. The number of halogens is 1. The third kappa shape index (κ3) is 5.33. The SMILES string of the molecule is Cc1cn([C@H]2C[C@H](F)[C@@H](CO)O2)c(=O)[nH]c1=O.Nc1nc(NC2CC2)c2ncn([C@H]3C=C[C@@H](CO)C3)c2n1. The molecule has 3 aliphatic rings. The number of ether oxygens (including phenoxy) is 1. The number of fused-ring (bicyclic) bond motifs is 1. The first kappa shape index (κ1) is 26.0. The van der Waals surface area contributed by atoms with Gasteiger partial charge in [-0.15, -0.1) is 0 Å². The van der Waals surface area contributed by atoms with Crippen LogP contribution in [0.1, 0.15) is 43.5 Å². The van der Waals surface area contributed by atoms with Crippen molar-refractivity contribution in [2.45, 2.75) is 63.2 Å². The van der Waals surface area contributed by atoms with Gasteiger partial charge in [0, 0.05) is 36.7 Å². The van der Waals surface area contributed by atoms with Crippen molar-refractivity contribution in [3.8, 4) is 0 Å². The first-order chi connectivity index (χ1) is 18.3. The van der Waals surface area contributed by atoms with Gasteiger partial charge in [-0.1, -0.05) is 12.2 Å². The van der Waals surface area contributed by atoms with Crippen LogP contribution in [0.25, 0.3) is 11.2 Å². The number of hydrogen-bond donors (Lipinski definition) is 5. The number of aliphatic hydroxyl groups excluding tert-OH is 2. The number of aliphatic hydroxyl groups is 2. The Kier molecular flexibility index (Phi) is 7.27. The largest absolute Gasteiger partial charge is 0.396 e. The quantitative estimate of drug-likeness (QED) is 0.282. The van der Waals surface area contributed by atoms with E-state index in [1.54, 1.807) is 13.3 Å². The summed E-state index contributed by atoms with van der Waals surface area (Å²) in [6, 6.07) is 0.646. The molecule has 5 atom stereocenters. The van der Waals surface area contributed by atoms with Gasteiger partial charge in [0.25, 0.3) is 5.56 Å². The maximum absolute atomic E-state index is 13.4. The van der Waals surface area contributed by atoms with Crippen LogP contribution < -0.4 is 22.3 Å². The zero-order valence-corrected chi connectivity index (χ0v) is 20.8. The van der Waals surface area contributed by atoms with Gasteiger partial charge in [-0.2, -0.15) is 9.97 Å². The van der Waals surface area contributed by atoms with Gasteiger partial charge in [-0.05, 0) is 26.2 Å². The number of aryl methyl sites for hydroxylation is 1. The van der Waals surface area contributed by atoms with Crippen LogP contribution in [0.4, 0.5) is 16.2 Å². The van der Waals surface area contributed by atoms with Crippen LogP contribution in [-0.2, 0) is 4.74 Å². The molecule has 1 aliphatic heterocycles. The summed E-state index contributed by atoms with van der Waals surface area (Å²) < 4.78 is 21.7. The molecule has 0 bridgehead atoms. The second-order valence-corrected chi connectivity index (χ2v) is 9.85. The van der Waals surface area contributed by atoms with Gasteiger partial charge in [0.2, 0.25) is 5.95 Å². The lowest BCUT2D eigenvalue weighted by molar-refractivity contribution is -0.0356. The summed E-state index contributed by atoms with van der Waals surface area (Å²) in [6.45, 7) is 1.28. The summed E-state index contributed by atoms with van der Waals surface area (Å²) >= 11 is 0. The number of anilines is 2. The van der Waals surface area contributed by atoms with Crippen LogP contribution in [0.5, 0.6) is 0 Å². The third-order valence-electron chi connectivity index (χ3n) is 6.90. The fraction of sp³-hybridized carbons (Fsp3) is 0.542. The summed E-state index contributed by atoms with van der Waals surface area (Å²) in [5.41, 5.74) is 6.58. The number of nitrogen functional groups attached to an aromatic ring is 1. The van der Waals surface area contributed by atoms with Crippen molar-refractivity contribution in [1.82, 2.24) is 29.1 Å². The molecule has 3 aromatic rings. The minimum Gasteiger partial charge on any atom is -0.396 e. The maximum Gasteiger partial charge on any atom is 0.330 e. The van der Waals surface area contributed by atoms with E-state index in [4.69, 9.17) is 15.6 Å². The van der Waals surface area contributed by atoms with E-state index < -0.39 is 36.4 Å². The molecule has 204 valence electrons. The molecule has 2 aliphatic carbocycles. The number of aromatic amines is 1. The highest BCUT2D eigenvalue weighted by Crippen LogP contribution is 2.33. The Morgan fingerprint density at radius 3 is 2.63 bits per heavy atom. The molecule has 3 aromatic heterocycles. The van der Waals surface area contributed by atoms with E-state index in [-0.39, 0.29) is 30.9 Å². The van der Waals surface area contributed by atoms with Crippen LogP contribution in [0.3, 0.4) is 0 Å². The lowest BCUT2D eigenvalue weighted by Gasteiger charge is -2.14. The van der Waals surface area contributed by atoms with Crippen LogP contribution in [0.15, 0.2) is 34.3 Å². The highest BCUT2D eigenvalue weighted by molar-refractivity contribution is 5.84. The normalized spacial score (nSPS) is 26.5. The number of hydrogen-bond acceptors (Lipinski definition) is 10. The average Bonchev–Trinajstić information content (AvgIpc) is 3.26. The number of rotatable bonds is 6. The van der Waals surface area contributed by atoms with E-state index in [2.05, 4.69) is 31.3 Å². The first-order valence-corrected chi connectivity index (χ1v) is 12.6. The molecule has 0 unspecified atom stereocenters. The molecule has 2 fully saturated rings. The molecule has 0 spiro atoms. The van der Waals surface area contributed by atoms with E-state index in [0.29, 0.717) is 11.6 Å². The Morgan fingerprint density at radius 1 is 1.18 bits per heavy atom. The number of H-pyrrole nitrogens is 1. The number of aromatic nitrogens is 6. The van der Waals surface area contributed by atoms with Gasteiger partial charge in [-0.3, -0.25) is 14.3 Å². The number of alkyl halides is 1. The first-order valence-electron chi connectivity index (χ1n) is 12.6. The predicted octanol–water partition coefficient (Wildman–Crippen LogP) is 0.555. The highest BCUT2D eigenvalue weighted by Gasteiger charge is 2.36. The predicted molar refractivity (Wildman–Crippen MR) is 136 cm³/mol. The summed E-state index contributed by atoms with van der Waals surface area (Å²) in [5, 5.41) is 21.5. The maximum atomic E-state index is 13.4. The molecular formula is C24H31FN8O5. The Balaban J connectivity index is 0.000000159. The number of nitrogens with two attached hydrogens (primary N) is 1. The Bertz CT molecular complexity index is 1450. The number of allylic oxidation sites excluding steroid dienone is 1. The van der Waals surface area contributed by atoms with Gasteiger partial charge < -0.3 is 30.6 Å². The van der Waals surface area contributed by atoms with Crippen molar-refractivity contribution in [3.63, 3.8) is 0 Å². The fourth-order valence-corrected chi connectivity index (χ4v) is 4.62. The van der Waals surface area contributed by atoms with Crippen LogP contribution in [0.2, 0.25) is 0 Å². The summed E-state index contributed by atoms with van der Waals surface area (Å²) in [4.78, 5) is 37.9. The molecule has 0 radical (unpaired) electrons. The van der Waals surface area contributed by atoms with Gasteiger partial charge in [0.05, 0.1) is 19.0 Å². The molecule has 4 heterocycles. The topological polar surface area (TPSA) is 186 Å². The Hall–Kier alpha value is -3.62. The summed E-state index contributed by atoms with van der Waals surface area (Å²) in [6.07, 6.45) is 7.40. The van der Waals surface area contributed by atoms with Crippen molar-refractivity contribution < 1.29 is 19.3 Å². The van der Waals surface area contributed by atoms with E-state index in [1.165, 1.54) is 6.20 Å². The zero-order chi connectivity index (χ0) is 27.0. The van der Waals surface area contributed by atoms with Gasteiger partial charge in [-0.25, -0.2) is 14.2 Å². The van der Waals surface area contributed by atoms with Crippen molar-refractivity contribution in [3.05, 3.63) is 51.1 Å². The van der Waals surface area contributed by atoms with Crippen LogP contribution in [0, 0.1) is 12.8 Å². The fourth-order valence-electron chi connectivity index (χ4n) is 4.62. The minimum absolute atomic E-state index is 0.0172. The van der Waals surface area contributed by atoms with Gasteiger partial charge >= 0.3 is 5.69 Å². The molecule has 1 saturated heterocycles. The second-order valence-electron chi connectivity index (χ2n) is 9.85. The number of imidazole rings is 1. The van der Waals surface area contributed by atoms with Crippen LogP contribution in [-0.4, -0.2) is 70.8 Å². The second kappa shape index (κ2) is 10.6. The Labute approximate surface area is 216 Å². The molecule has 6 rings (SSSR count). The number of nitrogens with zero attached hydrogens (tertiary/aromatic N) is 5. The standard InChI is InChI=1S/C14H18N6O.C10H13FN2O4/c15-14-18-12(17-9-2-3-9)11-13(19-14)20(7-16-11)10-4-1-8(5-10)6-21;1-5-3-13(10(16)12-9(5)15)8-2-6(11)7(4-14)17-8/h1,4,7-10,21H,2-3,5-6H2,(H3,15,17,18,19);3,6-8,14H,2,4H2,1H3,(H,12,15,16)/t8-,10+;6-,7+,8+/m10/s1. The van der Waals surface area contributed by atoms with E-state index in [0.717, 1.165) is 40.8 Å². The molecule has 0 aromatic carbocycles. The number of nitrogens with one attached hydrogen (secondary N) is 2. The molecule has 1 saturated carbocycles. The van der Waals surface area contributed by atoms with Gasteiger partial charge in [0.15, 0.2) is 17.0 Å². The van der Waals surface area contributed by atoms with Crippen molar-refractivity contribution in [2.24, 2.45) is 5.92 Å². The van der Waals surface area contributed by atoms with Crippen LogP contribution >= 0.6 is 0 Å². The lowest BCUT2D eigenvalue weighted by atomic mass is 10.1. The lowest BCUT2D eigenvalue weighted by Crippen LogP contribution is -2.33.